The number of rotatable bonds is 6. The van der Waals surface area contributed by atoms with E-state index >= 15 is 0 Å². The Bertz CT molecular complexity index is 1610. The second-order valence-corrected chi connectivity index (χ2v) is 8.90. The first-order chi connectivity index (χ1) is 17.5. The van der Waals surface area contributed by atoms with E-state index in [9.17, 15) is 4.79 Å². The number of aromatic nitrogens is 1. The minimum Gasteiger partial charge on any atom is -0.493 e. The van der Waals surface area contributed by atoms with Crippen molar-refractivity contribution in [3.05, 3.63) is 95.9 Å². The number of hydrogen-bond acceptors (Lipinski definition) is 4. The maximum Gasteiger partial charge on any atom is 0.248 e. The summed E-state index contributed by atoms with van der Waals surface area (Å²) in [7, 11) is 0. The van der Waals surface area contributed by atoms with Gasteiger partial charge >= 0.3 is 0 Å². The average molecular weight is 477 g/mol. The highest BCUT2D eigenvalue weighted by molar-refractivity contribution is 6.08. The Morgan fingerprint density at radius 3 is 2.64 bits per heavy atom. The fourth-order valence-corrected chi connectivity index (χ4v) is 4.54. The predicted octanol–water partition coefficient (Wildman–Crippen LogP) is 7.71. The van der Waals surface area contributed by atoms with Crippen LogP contribution >= 0.6 is 0 Å². The fraction of sp³-hybridized carbons (Fsp3) is 0.161. The second-order valence-electron chi connectivity index (χ2n) is 8.90. The number of benzene rings is 3. The maximum absolute atomic E-state index is 13.1. The molecule has 0 aliphatic heterocycles. The number of pyridine rings is 1. The summed E-state index contributed by atoms with van der Waals surface area (Å²) in [6.07, 6.45) is 5.12. The highest BCUT2D eigenvalue weighted by Gasteiger charge is 2.19. The van der Waals surface area contributed by atoms with Gasteiger partial charge in [-0.25, -0.2) is 0 Å². The van der Waals surface area contributed by atoms with Gasteiger partial charge < -0.3 is 14.5 Å². The second kappa shape index (κ2) is 9.70. The molecule has 5 rings (SSSR count). The molecule has 0 atom stereocenters. The number of carbonyl (C=O) groups is 1. The van der Waals surface area contributed by atoms with Crippen LogP contribution < -0.4 is 10.1 Å². The molecule has 5 nitrogen and oxygen atoms in total. The number of nitrogens with one attached hydrogen (secondary N) is 1. The normalized spacial score (nSPS) is 11.7. The van der Waals surface area contributed by atoms with E-state index in [1.165, 1.54) is 5.56 Å². The monoisotopic (exact) mass is 476 g/mol. The van der Waals surface area contributed by atoms with Crippen molar-refractivity contribution in [1.82, 2.24) is 4.98 Å². The standard InChI is InChI=1S/C31H28N2O3/c1-5-35-30-21(4)31-25(26(18-36-31)22-13-11-19(2)12-14-22)17-24(30)20(3)16-28(34)33-27-10-6-8-23-9-7-15-32-29(23)27/h6-18H,5H2,1-4H3,(H,33,34)/b20-16+. The van der Waals surface area contributed by atoms with Gasteiger partial charge in [-0.1, -0.05) is 48.0 Å². The van der Waals surface area contributed by atoms with Gasteiger partial charge in [0.05, 0.1) is 24.1 Å². The summed E-state index contributed by atoms with van der Waals surface area (Å²) in [4.78, 5) is 17.5. The van der Waals surface area contributed by atoms with E-state index in [-0.39, 0.29) is 5.91 Å². The molecule has 180 valence electrons. The molecular formula is C31H28N2O3. The lowest BCUT2D eigenvalue weighted by Gasteiger charge is -2.15. The van der Waals surface area contributed by atoms with Crippen LogP contribution in [0.25, 0.3) is 38.6 Å². The van der Waals surface area contributed by atoms with E-state index in [1.54, 1.807) is 18.5 Å². The van der Waals surface area contributed by atoms with Crippen molar-refractivity contribution < 1.29 is 13.9 Å². The summed E-state index contributed by atoms with van der Waals surface area (Å²) in [5, 5.41) is 4.95. The largest absolute Gasteiger partial charge is 0.493 e. The molecule has 0 bridgehead atoms. The number of nitrogens with zero attached hydrogens (tertiary/aromatic N) is 1. The van der Waals surface area contributed by atoms with Crippen LogP contribution in [0, 0.1) is 13.8 Å². The zero-order valence-electron chi connectivity index (χ0n) is 20.9. The predicted molar refractivity (Wildman–Crippen MR) is 146 cm³/mol. The zero-order valence-corrected chi connectivity index (χ0v) is 20.9. The Morgan fingerprint density at radius 2 is 1.86 bits per heavy atom. The van der Waals surface area contributed by atoms with Gasteiger partial charge in [0, 0.05) is 39.7 Å². The van der Waals surface area contributed by atoms with Crippen molar-refractivity contribution in [2.75, 3.05) is 11.9 Å². The summed E-state index contributed by atoms with van der Waals surface area (Å²) < 4.78 is 12.0. The van der Waals surface area contributed by atoms with Gasteiger partial charge in [0.15, 0.2) is 0 Å². The lowest BCUT2D eigenvalue weighted by molar-refractivity contribution is -0.111. The number of anilines is 1. The molecule has 5 aromatic rings. The molecule has 0 fully saturated rings. The summed E-state index contributed by atoms with van der Waals surface area (Å²) >= 11 is 0. The van der Waals surface area contributed by atoms with Crippen molar-refractivity contribution in [2.24, 2.45) is 0 Å². The third kappa shape index (κ3) is 4.36. The van der Waals surface area contributed by atoms with Gasteiger partial charge in [0.25, 0.3) is 0 Å². The van der Waals surface area contributed by atoms with Crippen LogP contribution in [0.3, 0.4) is 0 Å². The fourth-order valence-electron chi connectivity index (χ4n) is 4.54. The number of fused-ring (bicyclic) bond motifs is 2. The Hall–Kier alpha value is -4.38. The first-order valence-electron chi connectivity index (χ1n) is 12.0. The molecule has 1 N–H and O–H groups in total. The molecule has 0 saturated carbocycles. The van der Waals surface area contributed by atoms with Crippen molar-refractivity contribution in [2.45, 2.75) is 27.7 Å². The molecule has 5 heteroatoms. The van der Waals surface area contributed by atoms with Crippen LogP contribution in [-0.4, -0.2) is 17.5 Å². The molecule has 2 aromatic heterocycles. The van der Waals surface area contributed by atoms with E-state index in [1.807, 2.05) is 51.1 Å². The van der Waals surface area contributed by atoms with Crippen LogP contribution in [-0.2, 0) is 4.79 Å². The molecule has 1 amide bonds. The molecule has 0 saturated heterocycles. The van der Waals surface area contributed by atoms with E-state index in [0.717, 1.165) is 55.4 Å². The minimum absolute atomic E-state index is 0.225. The number of hydrogen-bond donors (Lipinski definition) is 1. The summed E-state index contributed by atoms with van der Waals surface area (Å²) in [5.41, 5.74) is 8.09. The molecule has 0 radical (unpaired) electrons. The molecule has 2 heterocycles. The van der Waals surface area contributed by atoms with Crippen LogP contribution in [0.5, 0.6) is 5.75 Å². The molecule has 36 heavy (non-hydrogen) atoms. The quantitative estimate of drug-likeness (QED) is 0.255. The van der Waals surface area contributed by atoms with Crippen LogP contribution in [0.15, 0.2) is 83.6 Å². The van der Waals surface area contributed by atoms with Crippen LogP contribution in [0.2, 0.25) is 0 Å². The van der Waals surface area contributed by atoms with Crippen molar-refractivity contribution in [3.63, 3.8) is 0 Å². The van der Waals surface area contributed by atoms with Gasteiger partial charge in [0.1, 0.15) is 11.3 Å². The van der Waals surface area contributed by atoms with Gasteiger partial charge in [0.2, 0.25) is 5.91 Å². The van der Waals surface area contributed by atoms with Crippen LogP contribution in [0.4, 0.5) is 5.69 Å². The highest BCUT2D eigenvalue weighted by atomic mass is 16.5. The average Bonchev–Trinajstić information content (AvgIpc) is 3.30. The van der Waals surface area contributed by atoms with Gasteiger partial charge in [-0.2, -0.15) is 0 Å². The molecule has 0 unspecified atom stereocenters. The number of carbonyl (C=O) groups excluding carboxylic acids is 1. The highest BCUT2D eigenvalue weighted by Crippen LogP contribution is 2.40. The number of para-hydroxylation sites is 1. The molecular weight excluding hydrogens is 448 g/mol. The summed E-state index contributed by atoms with van der Waals surface area (Å²) in [5.74, 6) is 0.500. The molecule has 3 aromatic carbocycles. The Labute approximate surface area is 210 Å². The number of amides is 1. The molecule has 0 aliphatic rings. The van der Waals surface area contributed by atoms with Crippen molar-refractivity contribution in [1.29, 1.82) is 0 Å². The van der Waals surface area contributed by atoms with Crippen LogP contribution in [0.1, 0.15) is 30.5 Å². The lowest BCUT2D eigenvalue weighted by Crippen LogP contribution is -2.09. The first kappa shape index (κ1) is 23.4. The Balaban J connectivity index is 1.56. The van der Waals surface area contributed by atoms with E-state index in [4.69, 9.17) is 9.15 Å². The summed E-state index contributed by atoms with van der Waals surface area (Å²) in [6, 6.07) is 20.0. The lowest BCUT2D eigenvalue weighted by atomic mass is 9.96. The number of aryl methyl sites for hydroxylation is 2. The zero-order chi connectivity index (χ0) is 25.2. The van der Waals surface area contributed by atoms with Gasteiger partial charge in [-0.15, -0.1) is 0 Å². The third-order valence-corrected chi connectivity index (χ3v) is 6.36. The van der Waals surface area contributed by atoms with E-state index in [2.05, 4.69) is 47.6 Å². The first-order valence-corrected chi connectivity index (χ1v) is 12.0. The number of ether oxygens (including phenoxy) is 1. The minimum atomic E-state index is -0.225. The topological polar surface area (TPSA) is 64.4 Å². The van der Waals surface area contributed by atoms with Crippen molar-refractivity contribution in [3.8, 4) is 16.9 Å². The SMILES string of the molecule is CCOc1c(/C(C)=C/C(=O)Nc2cccc3cccnc23)cc2c(-c3ccc(C)cc3)coc2c1C. The third-order valence-electron chi connectivity index (χ3n) is 6.36. The Kier molecular flexibility index (Phi) is 6.30. The van der Waals surface area contributed by atoms with Crippen molar-refractivity contribution >= 4 is 39.0 Å². The smallest absolute Gasteiger partial charge is 0.248 e. The maximum atomic E-state index is 13.1. The van der Waals surface area contributed by atoms with Gasteiger partial charge in [-0.3, -0.25) is 9.78 Å². The number of allylic oxidation sites excluding steroid dienone is 1. The van der Waals surface area contributed by atoms with E-state index in [0.29, 0.717) is 12.3 Å². The van der Waals surface area contributed by atoms with E-state index < -0.39 is 0 Å². The number of furan rings is 1. The molecule has 0 spiro atoms. The summed E-state index contributed by atoms with van der Waals surface area (Å²) in [6.45, 7) is 8.45. The Morgan fingerprint density at radius 1 is 1.08 bits per heavy atom. The van der Waals surface area contributed by atoms with Gasteiger partial charge in [-0.05, 0) is 57.0 Å². The molecule has 0 aliphatic carbocycles.